The van der Waals surface area contributed by atoms with Crippen molar-refractivity contribution in [2.45, 2.75) is 0 Å². The topological polar surface area (TPSA) is 89.7 Å². The van der Waals surface area contributed by atoms with E-state index in [2.05, 4.69) is 15.2 Å². The third-order valence-corrected chi connectivity index (χ3v) is 2.78. The van der Waals surface area contributed by atoms with Gasteiger partial charge < -0.3 is 25.4 Å². The Morgan fingerprint density at radius 3 is 2.85 bits per heavy atom. The van der Waals surface area contributed by atoms with Crippen LogP contribution < -0.4 is 11.1 Å². The molecule has 0 aromatic carbocycles. The molecule has 0 aliphatic rings. The number of methoxy groups -OCH3 is 2. The van der Waals surface area contributed by atoms with Gasteiger partial charge in [-0.15, -0.1) is 0 Å². The summed E-state index contributed by atoms with van der Waals surface area (Å²) in [5.41, 5.74) is 6.40. The van der Waals surface area contributed by atoms with Crippen molar-refractivity contribution in [2.75, 3.05) is 58.6 Å². The summed E-state index contributed by atoms with van der Waals surface area (Å²) in [6.45, 7) is 2.98. The van der Waals surface area contributed by atoms with E-state index in [-0.39, 0.29) is 0 Å². The van der Waals surface area contributed by atoms with Gasteiger partial charge in [0.1, 0.15) is 11.4 Å². The Balaban J connectivity index is 2.57. The minimum absolute atomic E-state index is 0.340. The number of nitrogens with zero attached hydrogens (tertiary/aromatic N) is 2. The maximum atomic E-state index is 11.6. The van der Waals surface area contributed by atoms with Crippen LogP contribution in [0.2, 0.25) is 0 Å². The van der Waals surface area contributed by atoms with E-state index in [1.165, 1.54) is 13.3 Å². The molecule has 1 aromatic heterocycles. The molecular weight excluding hydrogens is 260 g/mol. The fourth-order valence-corrected chi connectivity index (χ4v) is 1.61. The first-order chi connectivity index (χ1) is 9.58. The van der Waals surface area contributed by atoms with Crippen molar-refractivity contribution in [3.8, 4) is 0 Å². The van der Waals surface area contributed by atoms with Gasteiger partial charge in [0.15, 0.2) is 0 Å². The molecule has 1 aromatic rings. The number of aromatic nitrogens is 1. The molecule has 0 spiro atoms. The molecule has 1 rings (SSSR count). The molecule has 1 heterocycles. The van der Waals surface area contributed by atoms with E-state index in [0.29, 0.717) is 30.2 Å². The van der Waals surface area contributed by atoms with Gasteiger partial charge in [0.2, 0.25) is 0 Å². The Hall–Kier alpha value is -1.86. The highest BCUT2D eigenvalue weighted by Gasteiger charge is 2.13. The number of nitrogen functional groups attached to an aromatic ring is 1. The van der Waals surface area contributed by atoms with E-state index in [4.69, 9.17) is 15.2 Å². The standard InChI is InChI=1S/C13H22N4O3/c1-17(6-7-19-2)5-4-15-12-11(13(18)20-3)8-10(14)9-16-12/h8-9H,4-7,14H2,1-3H3,(H,15,16). The highest BCUT2D eigenvalue weighted by molar-refractivity contribution is 5.95. The number of rotatable bonds is 8. The molecule has 0 bridgehead atoms. The quantitative estimate of drug-likeness (QED) is 0.669. The molecule has 20 heavy (non-hydrogen) atoms. The molecular formula is C13H22N4O3. The van der Waals surface area contributed by atoms with Crippen LogP contribution >= 0.6 is 0 Å². The van der Waals surface area contributed by atoms with Crippen LogP contribution in [0.3, 0.4) is 0 Å². The van der Waals surface area contributed by atoms with Gasteiger partial charge in [-0.25, -0.2) is 9.78 Å². The zero-order valence-corrected chi connectivity index (χ0v) is 12.2. The molecule has 7 heteroatoms. The fourth-order valence-electron chi connectivity index (χ4n) is 1.61. The number of anilines is 2. The van der Waals surface area contributed by atoms with Gasteiger partial charge >= 0.3 is 5.97 Å². The molecule has 0 amide bonds. The third-order valence-electron chi connectivity index (χ3n) is 2.78. The average molecular weight is 282 g/mol. The number of ether oxygens (including phenoxy) is 2. The maximum absolute atomic E-state index is 11.6. The van der Waals surface area contributed by atoms with Crippen LogP contribution in [-0.4, -0.2) is 63.4 Å². The second-order valence-electron chi connectivity index (χ2n) is 4.38. The molecule has 0 saturated heterocycles. The van der Waals surface area contributed by atoms with E-state index in [0.717, 1.165) is 13.1 Å². The van der Waals surface area contributed by atoms with Crippen molar-refractivity contribution in [1.82, 2.24) is 9.88 Å². The Bertz CT molecular complexity index is 440. The predicted molar refractivity (Wildman–Crippen MR) is 77.9 cm³/mol. The van der Waals surface area contributed by atoms with E-state index in [9.17, 15) is 4.79 Å². The van der Waals surface area contributed by atoms with Crippen molar-refractivity contribution in [3.05, 3.63) is 17.8 Å². The Morgan fingerprint density at radius 1 is 1.45 bits per heavy atom. The van der Waals surface area contributed by atoms with Crippen molar-refractivity contribution in [2.24, 2.45) is 0 Å². The van der Waals surface area contributed by atoms with Gasteiger partial charge in [0, 0.05) is 26.7 Å². The second-order valence-corrected chi connectivity index (χ2v) is 4.38. The van der Waals surface area contributed by atoms with Gasteiger partial charge in [-0.2, -0.15) is 0 Å². The number of nitrogens with one attached hydrogen (secondary N) is 1. The summed E-state index contributed by atoms with van der Waals surface area (Å²) in [4.78, 5) is 17.9. The maximum Gasteiger partial charge on any atom is 0.341 e. The summed E-state index contributed by atoms with van der Waals surface area (Å²) in [5.74, 6) is 0.0197. The first kappa shape index (κ1) is 16.2. The third kappa shape index (κ3) is 5.02. The molecule has 0 aliphatic carbocycles. The number of carbonyl (C=O) groups is 1. The second kappa shape index (κ2) is 8.34. The Kier molecular flexibility index (Phi) is 6.75. The monoisotopic (exact) mass is 282 g/mol. The molecule has 0 saturated carbocycles. The number of esters is 1. The van der Waals surface area contributed by atoms with Gasteiger partial charge in [-0.05, 0) is 13.1 Å². The number of likely N-dealkylation sites (N-methyl/N-ethyl adjacent to an activating group) is 1. The van der Waals surface area contributed by atoms with Crippen LogP contribution in [0, 0.1) is 0 Å². The lowest BCUT2D eigenvalue weighted by Crippen LogP contribution is -2.28. The van der Waals surface area contributed by atoms with E-state index in [1.807, 2.05) is 7.05 Å². The predicted octanol–water partition coefficient (Wildman–Crippen LogP) is 0.441. The smallest absolute Gasteiger partial charge is 0.341 e. The Morgan fingerprint density at radius 2 is 2.20 bits per heavy atom. The molecule has 112 valence electrons. The van der Waals surface area contributed by atoms with Crippen LogP contribution in [0.1, 0.15) is 10.4 Å². The van der Waals surface area contributed by atoms with Gasteiger partial charge in [-0.1, -0.05) is 0 Å². The van der Waals surface area contributed by atoms with Crippen LogP contribution in [-0.2, 0) is 9.47 Å². The van der Waals surface area contributed by atoms with E-state index in [1.54, 1.807) is 13.2 Å². The number of nitrogens with two attached hydrogens (primary N) is 1. The lowest BCUT2D eigenvalue weighted by molar-refractivity contribution is 0.0601. The highest BCUT2D eigenvalue weighted by Crippen LogP contribution is 2.16. The summed E-state index contributed by atoms with van der Waals surface area (Å²) < 4.78 is 9.72. The summed E-state index contributed by atoms with van der Waals surface area (Å²) in [6.07, 6.45) is 1.50. The number of carbonyl (C=O) groups excluding carboxylic acids is 1. The van der Waals surface area contributed by atoms with Crippen molar-refractivity contribution in [3.63, 3.8) is 0 Å². The number of pyridine rings is 1. The summed E-state index contributed by atoms with van der Waals surface area (Å²) >= 11 is 0. The van der Waals surface area contributed by atoms with Crippen LogP contribution in [0.4, 0.5) is 11.5 Å². The van der Waals surface area contributed by atoms with Crippen molar-refractivity contribution >= 4 is 17.5 Å². The van der Waals surface area contributed by atoms with Crippen LogP contribution in [0.25, 0.3) is 0 Å². The summed E-state index contributed by atoms with van der Waals surface area (Å²) in [7, 11) is 5.00. The van der Waals surface area contributed by atoms with E-state index < -0.39 is 5.97 Å². The van der Waals surface area contributed by atoms with E-state index >= 15 is 0 Å². The number of hydrogen-bond donors (Lipinski definition) is 2. The van der Waals surface area contributed by atoms with Crippen LogP contribution in [0.15, 0.2) is 12.3 Å². The normalized spacial score (nSPS) is 10.6. The van der Waals surface area contributed by atoms with Gasteiger partial charge in [0.05, 0.1) is 25.6 Å². The highest BCUT2D eigenvalue weighted by atomic mass is 16.5. The summed E-state index contributed by atoms with van der Waals surface area (Å²) in [6, 6.07) is 1.55. The molecule has 0 atom stereocenters. The number of hydrogen-bond acceptors (Lipinski definition) is 7. The van der Waals surface area contributed by atoms with Gasteiger partial charge in [0.25, 0.3) is 0 Å². The minimum atomic E-state index is -0.458. The van der Waals surface area contributed by atoms with Crippen molar-refractivity contribution in [1.29, 1.82) is 0 Å². The fraction of sp³-hybridized carbons (Fsp3) is 0.538. The summed E-state index contributed by atoms with van der Waals surface area (Å²) in [5, 5.41) is 3.11. The molecule has 7 nitrogen and oxygen atoms in total. The molecule has 0 unspecified atom stereocenters. The molecule has 0 aliphatic heterocycles. The first-order valence-electron chi connectivity index (χ1n) is 6.33. The average Bonchev–Trinajstić information content (AvgIpc) is 2.45. The van der Waals surface area contributed by atoms with Crippen LogP contribution in [0.5, 0.6) is 0 Å². The lowest BCUT2D eigenvalue weighted by Gasteiger charge is -2.17. The first-order valence-corrected chi connectivity index (χ1v) is 6.33. The van der Waals surface area contributed by atoms with Gasteiger partial charge in [-0.3, -0.25) is 0 Å². The molecule has 3 N–H and O–H groups in total. The lowest BCUT2D eigenvalue weighted by atomic mass is 10.2. The zero-order chi connectivity index (χ0) is 15.0. The molecule has 0 radical (unpaired) electrons. The SMILES string of the molecule is COCCN(C)CCNc1ncc(N)cc1C(=O)OC. The Labute approximate surface area is 119 Å². The minimum Gasteiger partial charge on any atom is -0.465 e. The zero-order valence-electron chi connectivity index (χ0n) is 12.2. The molecule has 0 fully saturated rings. The largest absolute Gasteiger partial charge is 0.465 e. The van der Waals surface area contributed by atoms with Crippen molar-refractivity contribution < 1.29 is 14.3 Å².